The SMILES string of the molecule is CCc1ccc(C(C)NC(=O)CN2CCN(S(=O)(=O)Cc3ccccc3)CC2)cc1. The molecule has 1 aliphatic heterocycles. The maximum absolute atomic E-state index is 12.7. The van der Waals surface area contributed by atoms with Crippen LogP contribution in [0, 0.1) is 0 Å². The Morgan fingerprint density at radius 2 is 1.60 bits per heavy atom. The van der Waals surface area contributed by atoms with E-state index in [0.29, 0.717) is 26.2 Å². The number of hydrogen-bond acceptors (Lipinski definition) is 4. The summed E-state index contributed by atoms with van der Waals surface area (Å²) in [6.45, 7) is 6.32. The van der Waals surface area contributed by atoms with Crippen molar-refractivity contribution in [1.29, 1.82) is 0 Å². The van der Waals surface area contributed by atoms with Crippen LogP contribution in [0.2, 0.25) is 0 Å². The lowest BCUT2D eigenvalue weighted by Gasteiger charge is -2.33. The Morgan fingerprint density at radius 1 is 0.967 bits per heavy atom. The maximum atomic E-state index is 12.7. The summed E-state index contributed by atoms with van der Waals surface area (Å²) in [7, 11) is -3.34. The van der Waals surface area contributed by atoms with Crippen LogP contribution in [0.1, 0.15) is 36.6 Å². The Bertz CT molecular complexity index is 922. The quantitative estimate of drug-likeness (QED) is 0.700. The first-order valence-corrected chi connectivity index (χ1v) is 12.1. The lowest BCUT2D eigenvalue weighted by molar-refractivity contribution is -0.123. The average molecular weight is 430 g/mol. The van der Waals surface area contributed by atoms with Crippen LogP contribution >= 0.6 is 0 Å². The summed E-state index contributed by atoms with van der Waals surface area (Å²) in [6, 6.07) is 17.5. The minimum atomic E-state index is -3.34. The van der Waals surface area contributed by atoms with Gasteiger partial charge in [0.15, 0.2) is 0 Å². The molecule has 1 unspecified atom stereocenters. The molecule has 30 heavy (non-hydrogen) atoms. The fraction of sp³-hybridized carbons (Fsp3) is 0.435. The van der Waals surface area contributed by atoms with E-state index in [4.69, 9.17) is 0 Å². The first kappa shape index (κ1) is 22.5. The van der Waals surface area contributed by atoms with Crippen molar-refractivity contribution in [3.05, 3.63) is 71.3 Å². The molecule has 1 N–H and O–H groups in total. The predicted molar refractivity (Wildman–Crippen MR) is 119 cm³/mol. The van der Waals surface area contributed by atoms with Crippen molar-refractivity contribution >= 4 is 15.9 Å². The van der Waals surface area contributed by atoms with Gasteiger partial charge in [-0.1, -0.05) is 61.5 Å². The standard InChI is InChI=1S/C23H31N3O3S/c1-3-20-9-11-22(12-10-20)19(2)24-23(27)17-25-13-15-26(16-14-25)30(28,29)18-21-7-5-4-6-8-21/h4-12,19H,3,13-18H2,1-2H3,(H,24,27). The molecule has 2 aromatic rings. The van der Waals surface area contributed by atoms with E-state index in [1.807, 2.05) is 42.2 Å². The van der Waals surface area contributed by atoms with E-state index >= 15 is 0 Å². The highest BCUT2D eigenvalue weighted by Crippen LogP contribution is 2.15. The molecule has 7 heteroatoms. The van der Waals surface area contributed by atoms with E-state index in [-0.39, 0.29) is 24.2 Å². The van der Waals surface area contributed by atoms with Gasteiger partial charge in [0.2, 0.25) is 15.9 Å². The minimum absolute atomic E-state index is 0.0165. The summed E-state index contributed by atoms with van der Waals surface area (Å²) < 4.78 is 26.9. The number of carbonyl (C=O) groups is 1. The van der Waals surface area contributed by atoms with E-state index in [2.05, 4.69) is 36.5 Å². The molecular formula is C23H31N3O3S. The monoisotopic (exact) mass is 429 g/mol. The predicted octanol–water partition coefficient (Wildman–Crippen LogP) is 2.57. The van der Waals surface area contributed by atoms with Crippen LogP contribution in [0.15, 0.2) is 54.6 Å². The fourth-order valence-electron chi connectivity index (χ4n) is 3.66. The fourth-order valence-corrected chi connectivity index (χ4v) is 5.17. The molecule has 1 saturated heterocycles. The first-order chi connectivity index (χ1) is 14.4. The largest absolute Gasteiger partial charge is 0.348 e. The highest BCUT2D eigenvalue weighted by atomic mass is 32.2. The lowest BCUT2D eigenvalue weighted by atomic mass is 10.1. The Morgan fingerprint density at radius 3 is 2.20 bits per heavy atom. The van der Waals surface area contributed by atoms with Crippen LogP contribution < -0.4 is 5.32 Å². The van der Waals surface area contributed by atoms with E-state index in [1.165, 1.54) is 9.87 Å². The van der Waals surface area contributed by atoms with Gasteiger partial charge in [-0.25, -0.2) is 8.42 Å². The number of nitrogens with one attached hydrogen (secondary N) is 1. The summed E-state index contributed by atoms with van der Waals surface area (Å²) in [4.78, 5) is 14.5. The highest BCUT2D eigenvalue weighted by molar-refractivity contribution is 7.88. The van der Waals surface area contributed by atoms with Gasteiger partial charge in [0.05, 0.1) is 18.3 Å². The third-order valence-corrected chi connectivity index (χ3v) is 7.40. The van der Waals surface area contributed by atoms with Crippen molar-refractivity contribution in [3.63, 3.8) is 0 Å². The number of benzene rings is 2. The van der Waals surface area contributed by atoms with Crippen molar-refractivity contribution in [1.82, 2.24) is 14.5 Å². The summed E-state index contributed by atoms with van der Waals surface area (Å²) in [5, 5.41) is 3.04. The van der Waals surface area contributed by atoms with E-state index in [9.17, 15) is 13.2 Å². The zero-order valence-corrected chi connectivity index (χ0v) is 18.6. The van der Waals surface area contributed by atoms with Gasteiger partial charge >= 0.3 is 0 Å². The van der Waals surface area contributed by atoms with E-state index in [0.717, 1.165) is 17.5 Å². The summed E-state index contributed by atoms with van der Waals surface area (Å²) in [6.07, 6.45) is 0.994. The Balaban J connectivity index is 1.46. The third kappa shape index (κ3) is 6.14. The van der Waals surface area contributed by atoms with Crippen LogP contribution in [-0.4, -0.2) is 56.3 Å². The van der Waals surface area contributed by atoms with Gasteiger partial charge in [0, 0.05) is 26.2 Å². The topological polar surface area (TPSA) is 69.7 Å². The first-order valence-electron chi connectivity index (χ1n) is 10.5. The third-order valence-electron chi connectivity index (χ3n) is 5.55. The molecule has 1 aliphatic rings. The van der Waals surface area contributed by atoms with Crippen molar-refractivity contribution in [2.45, 2.75) is 32.1 Å². The number of rotatable bonds is 8. The average Bonchev–Trinajstić information content (AvgIpc) is 2.74. The number of aryl methyl sites for hydroxylation is 1. The molecule has 1 fully saturated rings. The Kier molecular flexibility index (Phi) is 7.64. The lowest BCUT2D eigenvalue weighted by Crippen LogP contribution is -2.51. The molecule has 2 aromatic carbocycles. The molecule has 0 aliphatic carbocycles. The normalized spacial score (nSPS) is 16.9. The molecule has 3 rings (SSSR count). The molecule has 0 saturated carbocycles. The summed E-state index contributed by atoms with van der Waals surface area (Å²) in [5.41, 5.74) is 3.15. The number of piperazine rings is 1. The van der Waals surface area contributed by atoms with Crippen molar-refractivity contribution < 1.29 is 13.2 Å². The second kappa shape index (κ2) is 10.2. The molecular weight excluding hydrogens is 398 g/mol. The van der Waals surface area contributed by atoms with E-state index in [1.54, 1.807) is 0 Å². The second-order valence-electron chi connectivity index (χ2n) is 7.80. The maximum Gasteiger partial charge on any atom is 0.234 e. The molecule has 162 valence electrons. The van der Waals surface area contributed by atoms with Gasteiger partial charge in [-0.3, -0.25) is 9.69 Å². The van der Waals surface area contributed by atoms with Gasteiger partial charge in [0.1, 0.15) is 0 Å². The van der Waals surface area contributed by atoms with Gasteiger partial charge in [-0.15, -0.1) is 0 Å². The van der Waals surface area contributed by atoms with Crippen LogP contribution in [0.5, 0.6) is 0 Å². The molecule has 1 atom stereocenters. The summed E-state index contributed by atoms with van der Waals surface area (Å²) >= 11 is 0. The molecule has 0 spiro atoms. The van der Waals surface area contributed by atoms with Crippen molar-refractivity contribution in [3.8, 4) is 0 Å². The molecule has 0 aromatic heterocycles. The number of hydrogen-bond donors (Lipinski definition) is 1. The molecule has 6 nitrogen and oxygen atoms in total. The van der Waals surface area contributed by atoms with Gasteiger partial charge < -0.3 is 5.32 Å². The Labute approximate surface area is 179 Å². The highest BCUT2D eigenvalue weighted by Gasteiger charge is 2.28. The molecule has 0 bridgehead atoms. The smallest absolute Gasteiger partial charge is 0.234 e. The van der Waals surface area contributed by atoms with E-state index < -0.39 is 10.0 Å². The number of carbonyl (C=O) groups excluding carboxylic acids is 1. The van der Waals surface area contributed by atoms with Crippen LogP contribution in [-0.2, 0) is 27.0 Å². The number of sulfonamides is 1. The van der Waals surface area contributed by atoms with Crippen molar-refractivity contribution in [2.24, 2.45) is 0 Å². The zero-order valence-electron chi connectivity index (χ0n) is 17.8. The van der Waals surface area contributed by atoms with Crippen LogP contribution in [0.4, 0.5) is 0 Å². The van der Waals surface area contributed by atoms with Gasteiger partial charge in [0.25, 0.3) is 0 Å². The molecule has 1 heterocycles. The number of amides is 1. The number of nitrogens with zero attached hydrogens (tertiary/aromatic N) is 2. The van der Waals surface area contributed by atoms with Gasteiger partial charge in [-0.05, 0) is 30.0 Å². The Hall–Kier alpha value is -2.22. The zero-order chi connectivity index (χ0) is 21.6. The molecule has 0 radical (unpaired) electrons. The van der Waals surface area contributed by atoms with Crippen LogP contribution in [0.3, 0.4) is 0 Å². The summed E-state index contributed by atoms with van der Waals surface area (Å²) in [5.74, 6) is -0.0227. The van der Waals surface area contributed by atoms with Crippen molar-refractivity contribution in [2.75, 3.05) is 32.7 Å². The minimum Gasteiger partial charge on any atom is -0.348 e. The van der Waals surface area contributed by atoms with Crippen LogP contribution in [0.25, 0.3) is 0 Å². The van der Waals surface area contributed by atoms with Gasteiger partial charge in [-0.2, -0.15) is 4.31 Å². The molecule has 1 amide bonds. The second-order valence-corrected chi connectivity index (χ2v) is 9.77.